The van der Waals surface area contributed by atoms with Gasteiger partial charge in [0.1, 0.15) is 42.5 Å². The summed E-state index contributed by atoms with van der Waals surface area (Å²) >= 11 is 1.89. The Labute approximate surface area is 642 Å². The predicted octanol–water partition coefficient (Wildman–Crippen LogP) is 25.2. The normalized spacial score (nSPS) is 13.3. The lowest BCUT2D eigenvalue weighted by Gasteiger charge is -2.20. The van der Waals surface area contributed by atoms with Gasteiger partial charge in [0.05, 0.1) is 48.3 Å². The van der Waals surface area contributed by atoms with Gasteiger partial charge >= 0.3 is 6.18 Å². The van der Waals surface area contributed by atoms with Crippen LogP contribution in [-0.4, -0.2) is 8.42 Å². The van der Waals surface area contributed by atoms with Crippen molar-refractivity contribution in [3.8, 4) is 9.79 Å². The summed E-state index contributed by atoms with van der Waals surface area (Å²) in [5.74, 6) is 0. The highest BCUT2D eigenvalue weighted by atomic mass is 32.2. The Morgan fingerprint density at radius 3 is 0.963 bits per heavy atom. The fraction of sp³-hybridized carbons (Fsp3) is 0.0108. The first-order chi connectivity index (χ1) is 52.9. The van der Waals surface area contributed by atoms with Crippen molar-refractivity contribution in [2.75, 3.05) is 5.32 Å². The first-order valence-electron chi connectivity index (χ1n) is 34.7. The summed E-state index contributed by atoms with van der Waals surface area (Å²) in [7, 11) is -4.62. The average Bonchev–Trinajstić information content (AvgIpc) is 0.728. The van der Waals surface area contributed by atoms with Crippen LogP contribution < -0.4 is 16.2 Å². The number of sulfone groups is 1. The van der Waals surface area contributed by atoms with Crippen LogP contribution in [0.1, 0.15) is 5.56 Å². The second-order valence-electron chi connectivity index (χ2n) is 25.0. The van der Waals surface area contributed by atoms with E-state index in [1.165, 1.54) is 61.5 Å². The summed E-state index contributed by atoms with van der Waals surface area (Å²) < 4.78 is 68.8. The molecule has 0 radical (unpaired) electrons. The minimum atomic E-state index is -4.47. The number of anilines is 2. The number of hydrogen-bond donors (Lipinski definition) is 1. The van der Waals surface area contributed by atoms with Crippen LogP contribution in [0.4, 0.5) is 24.5 Å². The Bertz CT molecular complexity index is 6070. The molecule has 3 aliphatic heterocycles. The number of para-hydroxylation sites is 2. The molecule has 0 spiro atoms. The van der Waals surface area contributed by atoms with E-state index in [0.29, 0.717) is 19.9 Å². The van der Waals surface area contributed by atoms with Gasteiger partial charge in [-0.25, -0.2) is 8.42 Å². The van der Waals surface area contributed by atoms with Gasteiger partial charge < -0.3 is 5.32 Å². The van der Waals surface area contributed by atoms with E-state index in [4.69, 9.17) is 0 Å². The molecule has 1 N–H and O–H groups in total. The van der Waals surface area contributed by atoms with Crippen LogP contribution in [0.25, 0.3) is 50.1 Å². The van der Waals surface area contributed by atoms with Crippen molar-refractivity contribution >= 4 is 127 Å². The number of hydrogen-bond acceptors (Lipinski definition) is 6. The minimum Gasteiger partial charge on any atom is -0.347 e. The van der Waals surface area contributed by atoms with E-state index in [2.05, 4.69) is 212 Å². The zero-order valence-corrected chi connectivity index (χ0v) is 63.3. The molecule has 20 rings (SSSR count). The van der Waals surface area contributed by atoms with Crippen molar-refractivity contribution in [1.29, 1.82) is 0 Å². The Hall–Kier alpha value is -11.0. The Morgan fingerprint density at radius 2 is 0.565 bits per heavy atom. The van der Waals surface area contributed by atoms with Crippen molar-refractivity contribution < 1.29 is 21.6 Å². The van der Waals surface area contributed by atoms with Gasteiger partial charge in [0.15, 0.2) is 72.6 Å². The summed E-state index contributed by atoms with van der Waals surface area (Å²) in [5.41, 5.74) is 1.43. The van der Waals surface area contributed by atoms with Gasteiger partial charge in [-0.2, -0.15) is 13.2 Å². The predicted molar refractivity (Wildman–Crippen MR) is 445 cm³/mol. The highest BCUT2D eigenvalue weighted by Gasteiger charge is 2.45. The van der Waals surface area contributed by atoms with Crippen LogP contribution in [0.2, 0.25) is 0 Å². The number of alkyl halides is 3. The van der Waals surface area contributed by atoms with E-state index in [0.717, 1.165) is 56.6 Å². The van der Waals surface area contributed by atoms with Crippen LogP contribution >= 0.6 is 32.7 Å². The topological polar surface area (TPSA) is 80.3 Å². The van der Waals surface area contributed by atoms with Gasteiger partial charge in [-0.1, -0.05) is 212 Å². The number of fused-ring (bicyclic) bond motifs is 10. The maximum Gasteiger partial charge on any atom is 0.416 e. The van der Waals surface area contributed by atoms with Crippen molar-refractivity contribution in [3.63, 3.8) is 0 Å². The molecule has 0 saturated heterocycles. The summed E-state index contributed by atoms with van der Waals surface area (Å²) in [6, 6.07) is 128. The average molecular weight is 1540 g/mol. The van der Waals surface area contributed by atoms with Gasteiger partial charge in [-0.05, 0) is 188 Å². The third kappa shape index (κ3) is 14.2. The molecule has 5 nitrogen and oxygen atoms in total. The van der Waals surface area contributed by atoms with Gasteiger partial charge in [-0.15, -0.1) is 0 Å². The lowest BCUT2D eigenvalue weighted by molar-refractivity contribution is -0.137. The molecule has 108 heavy (non-hydrogen) atoms. The summed E-state index contributed by atoms with van der Waals surface area (Å²) in [6.07, 6.45) is -4.47. The summed E-state index contributed by atoms with van der Waals surface area (Å²) in [5, 5.41) is 5.83. The van der Waals surface area contributed by atoms with Crippen molar-refractivity contribution in [1.82, 2.24) is 0 Å². The van der Waals surface area contributed by atoms with E-state index in [1.807, 2.05) is 139 Å². The lowest BCUT2D eigenvalue weighted by Crippen LogP contribution is -2.20. The van der Waals surface area contributed by atoms with E-state index >= 15 is 0 Å². The fourth-order valence-corrected chi connectivity index (χ4v) is 28.9. The highest BCUT2D eigenvalue weighted by Crippen LogP contribution is 2.51. The van der Waals surface area contributed by atoms with Crippen molar-refractivity contribution in [3.05, 3.63) is 414 Å². The smallest absolute Gasteiger partial charge is 0.347 e. The molecule has 17 aromatic rings. The molecule has 0 bridgehead atoms. The summed E-state index contributed by atoms with van der Waals surface area (Å²) in [4.78, 5) is 42.7. The van der Waals surface area contributed by atoms with Crippen molar-refractivity contribution in [2.45, 2.75) is 69.8 Å². The number of rotatable bonds is 5. The first kappa shape index (κ1) is 71.3. The summed E-state index contributed by atoms with van der Waals surface area (Å²) in [6.45, 7) is 0. The molecular formula is C93H65F3NO4S7+5. The van der Waals surface area contributed by atoms with Crippen LogP contribution in [-0.2, 0) is 48.7 Å². The van der Waals surface area contributed by atoms with Crippen molar-refractivity contribution in [2.24, 2.45) is 0 Å². The van der Waals surface area contributed by atoms with Gasteiger partial charge in [-0.3, -0.25) is 9.59 Å². The molecule has 15 aromatic carbocycles. The molecular weight excluding hydrogens is 1480 g/mol. The molecule has 2 aromatic heterocycles. The van der Waals surface area contributed by atoms with E-state index in [9.17, 15) is 31.2 Å². The molecule has 1 atom stereocenters. The zero-order chi connectivity index (χ0) is 73.7. The standard InChI is InChI=1S/C20H12F3OS.C19H13OS.C18H14NS.C18H13O2S2.C18H13S2/c21-20(22,23)13-10-11-18-16(12-13)19(24)15-8-4-5-9-17(15)25(18)14-6-2-1-3-7-14;20-19-15-10-4-6-12-17(15)21(14-8-2-1-3-9-14)18-13-7-5-11-16(18)19;1-2-8-14(9-3-1)20-17-12-6-4-10-15(17)19-16-11-5-7-13-18(16)20;19-22(20)17-12-6-4-10-15(17)21(14-8-2-1-3-9-14)16-11-5-7-13-18(16)22;1-2-8-14(9-3-1)20-17-12-6-4-10-15(17)19-16-11-5-7-13-18(16)20/h1-12H;1-13H;1-13,19H;1-13H;1-13H/q5*+1. The van der Waals surface area contributed by atoms with Crippen LogP contribution in [0.15, 0.2) is 461 Å². The third-order valence-electron chi connectivity index (χ3n) is 18.3. The number of nitrogens with one attached hydrogen (secondary N) is 1. The molecule has 0 saturated carbocycles. The monoisotopic (exact) mass is 1540 g/mol. The molecule has 15 heteroatoms. The minimum absolute atomic E-state index is 0.0204. The lowest BCUT2D eigenvalue weighted by atomic mass is 10.1. The SMILES string of the molecule is O=S1(=O)c2ccccc2[S+](c2ccccc2)c2ccccc21.O=c1c2ccccc2[s+](-c2ccccc2)c2ccc(C(F)(F)F)cc12.O=c1c2ccccc2[s+](-c2ccccc2)c2ccccc12.c1ccc([S+]2c3ccccc3Nc3ccccc32)cc1.c1ccc([S+]2c3ccccc3Sc3ccccc32)cc1. The highest BCUT2D eigenvalue weighted by molar-refractivity contribution is 8.04. The van der Waals surface area contributed by atoms with Crippen LogP contribution in [0.5, 0.6) is 0 Å². The number of halogens is 3. The second kappa shape index (κ2) is 31.5. The molecule has 0 aliphatic carbocycles. The molecule has 0 amide bonds. The van der Waals surface area contributed by atoms with E-state index in [-0.39, 0.29) is 59.4 Å². The van der Waals surface area contributed by atoms with Crippen LogP contribution in [0.3, 0.4) is 0 Å². The van der Waals surface area contributed by atoms with E-state index in [1.54, 1.807) is 36.4 Å². The Balaban J connectivity index is 0.000000103. The first-order valence-corrected chi connectivity index (χ1v) is 43.1. The quantitative estimate of drug-likeness (QED) is 0.137. The Morgan fingerprint density at radius 1 is 0.278 bits per heavy atom. The molecule has 1 unspecified atom stereocenters. The Kier molecular flexibility index (Phi) is 20.8. The third-order valence-corrected chi connectivity index (χ3v) is 33.5. The maximum absolute atomic E-state index is 13.1. The van der Waals surface area contributed by atoms with Crippen LogP contribution in [0, 0.1) is 0 Å². The molecule has 0 fully saturated rings. The molecule has 524 valence electrons. The molecule has 3 aliphatic rings. The van der Waals surface area contributed by atoms with Gasteiger partial charge in [0.2, 0.25) is 20.7 Å². The maximum atomic E-state index is 13.1. The van der Waals surface area contributed by atoms with Gasteiger partial charge in [0.25, 0.3) is 0 Å². The molecule has 5 heterocycles. The van der Waals surface area contributed by atoms with E-state index < -0.39 is 32.0 Å². The van der Waals surface area contributed by atoms with Gasteiger partial charge in [0, 0.05) is 20.9 Å². The second-order valence-corrected chi connectivity index (χ2v) is 37.7. The fourth-order valence-electron chi connectivity index (χ4n) is 13.5. The number of benzene rings is 15. The largest absolute Gasteiger partial charge is 0.416 e. The zero-order valence-electron chi connectivity index (χ0n) is 57.6.